The Labute approximate surface area is 147 Å². The molecule has 0 aliphatic rings. The van der Waals surface area contributed by atoms with Gasteiger partial charge in [-0.2, -0.15) is 0 Å². The topological polar surface area (TPSA) is 81.1 Å². The van der Waals surface area contributed by atoms with Gasteiger partial charge in [0.1, 0.15) is 5.69 Å². The molecule has 0 fully saturated rings. The van der Waals surface area contributed by atoms with Gasteiger partial charge >= 0.3 is 0 Å². The number of aromatic nitrogens is 1. The van der Waals surface area contributed by atoms with Crippen molar-refractivity contribution in [2.24, 2.45) is 5.73 Å². The van der Waals surface area contributed by atoms with Crippen LogP contribution in [-0.4, -0.2) is 23.7 Å². The Morgan fingerprint density at radius 3 is 2.87 bits per heavy atom. The minimum atomic E-state index is -0.299. The number of nitrogens with two attached hydrogens (primary N) is 1. The van der Waals surface area contributed by atoms with Gasteiger partial charge in [0.15, 0.2) is 0 Å². The maximum Gasteiger partial charge on any atom is 0.290 e. The molecule has 23 heavy (non-hydrogen) atoms. The van der Waals surface area contributed by atoms with Crippen LogP contribution in [0.2, 0.25) is 5.02 Å². The molecule has 0 saturated heterocycles. The number of carbonyl (C=O) groups excluding carboxylic acids is 1. The lowest BCUT2D eigenvalue weighted by Crippen LogP contribution is -2.40. The van der Waals surface area contributed by atoms with Crippen LogP contribution >= 0.6 is 24.0 Å². The normalized spacial score (nSPS) is 11.6. The van der Waals surface area contributed by atoms with Gasteiger partial charge in [0.2, 0.25) is 5.76 Å². The molecule has 0 spiro atoms. The number of amides is 1. The molecule has 1 aromatic carbocycles. The molecule has 1 atom stereocenters. The summed E-state index contributed by atoms with van der Waals surface area (Å²) in [5.74, 6) is -0.128. The Hall–Kier alpha value is -1.56. The van der Waals surface area contributed by atoms with Gasteiger partial charge in [-0.3, -0.25) is 4.79 Å². The van der Waals surface area contributed by atoms with E-state index >= 15 is 0 Å². The van der Waals surface area contributed by atoms with Crippen molar-refractivity contribution in [3.05, 3.63) is 41.1 Å². The quantitative estimate of drug-likeness (QED) is 0.791. The standard InChI is InChI=1S/C16H20ClN3O2.ClH/c1-2-3-7-13(10-18)19-16(21)15-9-14(20-22-15)11-5-4-6-12(17)8-11;/h4-6,8-9,13H,2-3,7,10,18H2,1H3,(H,19,21);1H. The summed E-state index contributed by atoms with van der Waals surface area (Å²) in [7, 11) is 0. The molecular formula is C16H21Cl2N3O2. The van der Waals surface area contributed by atoms with Crippen LogP contribution in [0.1, 0.15) is 36.7 Å². The van der Waals surface area contributed by atoms with Gasteiger partial charge < -0.3 is 15.6 Å². The number of hydrogen-bond acceptors (Lipinski definition) is 4. The zero-order chi connectivity index (χ0) is 15.9. The average Bonchev–Trinajstić information content (AvgIpc) is 3.01. The van der Waals surface area contributed by atoms with E-state index in [1.807, 2.05) is 12.1 Å². The van der Waals surface area contributed by atoms with Crippen LogP contribution < -0.4 is 11.1 Å². The molecule has 0 aliphatic heterocycles. The van der Waals surface area contributed by atoms with Crippen molar-refractivity contribution in [3.63, 3.8) is 0 Å². The molecule has 1 amide bonds. The summed E-state index contributed by atoms with van der Waals surface area (Å²) in [5, 5.41) is 7.39. The Kier molecular flexibility index (Phi) is 8.09. The largest absolute Gasteiger partial charge is 0.350 e. The summed E-state index contributed by atoms with van der Waals surface area (Å²) < 4.78 is 5.12. The predicted molar refractivity (Wildman–Crippen MR) is 94.0 cm³/mol. The van der Waals surface area contributed by atoms with Crippen molar-refractivity contribution in [1.29, 1.82) is 0 Å². The van der Waals surface area contributed by atoms with E-state index in [-0.39, 0.29) is 30.1 Å². The number of nitrogens with one attached hydrogen (secondary N) is 1. The Balaban J connectivity index is 0.00000264. The molecule has 5 nitrogen and oxygen atoms in total. The Morgan fingerprint density at radius 2 is 2.22 bits per heavy atom. The highest BCUT2D eigenvalue weighted by Crippen LogP contribution is 2.22. The first kappa shape index (κ1) is 19.5. The summed E-state index contributed by atoms with van der Waals surface area (Å²) in [6, 6.07) is 8.78. The predicted octanol–water partition coefficient (Wildman–Crippen LogP) is 3.66. The van der Waals surface area contributed by atoms with Crippen LogP contribution in [0.15, 0.2) is 34.9 Å². The SMILES string of the molecule is CCCCC(CN)NC(=O)c1cc(-c2cccc(Cl)c2)no1.Cl. The maximum atomic E-state index is 12.2. The van der Waals surface area contributed by atoms with Gasteiger partial charge in [-0.25, -0.2) is 0 Å². The van der Waals surface area contributed by atoms with Crippen molar-refractivity contribution < 1.29 is 9.32 Å². The zero-order valence-corrected chi connectivity index (χ0v) is 14.5. The second-order valence-electron chi connectivity index (χ2n) is 5.14. The minimum Gasteiger partial charge on any atom is -0.350 e. The van der Waals surface area contributed by atoms with E-state index in [0.29, 0.717) is 17.3 Å². The first-order valence-corrected chi connectivity index (χ1v) is 7.75. The summed E-state index contributed by atoms with van der Waals surface area (Å²) in [6.45, 7) is 2.50. The molecule has 2 rings (SSSR count). The minimum absolute atomic E-state index is 0. The monoisotopic (exact) mass is 357 g/mol. The molecule has 1 heterocycles. The number of rotatable bonds is 7. The van der Waals surface area contributed by atoms with Gasteiger partial charge in [0.25, 0.3) is 5.91 Å². The van der Waals surface area contributed by atoms with E-state index < -0.39 is 0 Å². The van der Waals surface area contributed by atoms with Crippen molar-refractivity contribution in [2.75, 3.05) is 6.54 Å². The van der Waals surface area contributed by atoms with Crippen molar-refractivity contribution in [1.82, 2.24) is 10.5 Å². The smallest absolute Gasteiger partial charge is 0.290 e. The van der Waals surface area contributed by atoms with Crippen molar-refractivity contribution in [2.45, 2.75) is 32.2 Å². The molecule has 3 N–H and O–H groups in total. The molecule has 0 bridgehead atoms. The van der Waals surface area contributed by atoms with Gasteiger partial charge in [0.05, 0.1) is 0 Å². The Bertz CT molecular complexity index is 631. The lowest BCUT2D eigenvalue weighted by atomic mass is 10.1. The number of unbranched alkanes of at least 4 members (excludes halogenated alkanes) is 1. The molecule has 0 radical (unpaired) electrons. The third-order valence-electron chi connectivity index (χ3n) is 3.38. The summed E-state index contributed by atoms with van der Waals surface area (Å²) in [4.78, 5) is 12.2. The van der Waals surface area contributed by atoms with Crippen LogP contribution in [0.4, 0.5) is 0 Å². The second kappa shape index (κ2) is 9.55. The van der Waals surface area contributed by atoms with Crippen molar-refractivity contribution in [3.8, 4) is 11.3 Å². The molecule has 0 aliphatic carbocycles. The summed E-state index contributed by atoms with van der Waals surface area (Å²) in [5.41, 5.74) is 7.05. The number of nitrogens with zero attached hydrogens (tertiary/aromatic N) is 1. The third-order valence-corrected chi connectivity index (χ3v) is 3.62. The molecule has 1 aromatic heterocycles. The molecular weight excluding hydrogens is 337 g/mol. The highest BCUT2D eigenvalue weighted by atomic mass is 35.5. The zero-order valence-electron chi connectivity index (χ0n) is 12.9. The molecule has 0 saturated carbocycles. The van der Waals surface area contributed by atoms with Crippen LogP contribution in [-0.2, 0) is 0 Å². The molecule has 1 unspecified atom stereocenters. The fourth-order valence-corrected chi connectivity index (χ4v) is 2.31. The van der Waals surface area contributed by atoms with E-state index in [9.17, 15) is 4.79 Å². The van der Waals surface area contributed by atoms with E-state index in [0.717, 1.165) is 24.8 Å². The van der Waals surface area contributed by atoms with Gasteiger partial charge in [-0.1, -0.05) is 48.7 Å². The number of halogens is 2. The van der Waals surface area contributed by atoms with Gasteiger partial charge in [-0.05, 0) is 18.6 Å². The number of benzene rings is 1. The van der Waals surface area contributed by atoms with Gasteiger partial charge in [-0.15, -0.1) is 12.4 Å². The van der Waals surface area contributed by atoms with Crippen LogP contribution in [0.3, 0.4) is 0 Å². The average molecular weight is 358 g/mol. The van der Waals surface area contributed by atoms with Crippen LogP contribution in [0, 0.1) is 0 Å². The summed E-state index contributed by atoms with van der Waals surface area (Å²) >= 11 is 5.95. The van der Waals surface area contributed by atoms with E-state index in [4.69, 9.17) is 21.9 Å². The third kappa shape index (κ3) is 5.53. The highest BCUT2D eigenvalue weighted by Gasteiger charge is 2.17. The first-order valence-electron chi connectivity index (χ1n) is 7.37. The molecule has 7 heteroatoms. The Morgan fingerprint density at radius 1 is 1.43 bits per heavy atom. The maximum absolute atomic E-state index is 12.2. The lowest BCUT2D eigenvalue weighted by Gasteiger charge is -2.14. The summed E-state index contributed by atoms with van der Waals surface area (Å²) in [6.07, 6.45) is 2.94. The van der Waals surface area contributed by atoms with Crippen LogP contribution in [0.5, 0.6) is 0 Å². The van der Waals surface area contributed by atoms with E-state index in [1.54, 1.807) is 18.2 Å². The van der Waals surface area contributed by atoms with E-state index in [1.165, 1.54) is 0 Å². The van der Waals surface area contributed by atoms with Crippen LogP contribution in [0.25, 0.3) is 11.3 Å². The number of carbonyl (C=O) groups is 1. The molecule has 2 aromatic rings. The fourth-order valence-electron chi connectivity index (χ4n) is 2.12. The van der Waals surface area contributed by atoms with Gasteiger partial charge in [0, 0.05) is 29.2 Å². The van der Waals surface area contributed by atoms with Crippen molar-refractivity contribution >= 4 is 29.9 Å². The second-order valence-corrected chi connectivity index (χ2v) is 5.57. The fraction of sp³-hybridized carbons (Fsp3) is 0.375. The lowest BCUT2D eigenvalue weighted by molar-refractivity contribution is 0.0898. The van der Waals surface area contributed by atoms with E-state index in [2.05, 4.69) is 17.4 Å². The molecule has 126 valence electrons. The highest BCUT2D eigenvalue weighted by molar-refractivity contribution is 6.30. The first-order chi connectivity index (χ1) is 10.6. The number of hydrogen-bond donors (Lipinski definition) is 2.